The van der Waals surface area contributed by atoms with Gasteiger partial charge in [-0.1, -0.05) is 0 Å². The number of sulfonamides is 1. The molecule has 0 saturated carbocycles. The Hall–Kier alpha value is -2.77. The highest BCUT2D eigenvalue weighted by Crippen LogP contribution is 2.16. The second-order valence-electron chi connectivity index (χ2n) is 5.23. The van der Waals surface area contributed by atoms with Crippen molar-refractivity contribution in [3.8, 4) is 0 Å². The Morgan fingerprint density at radius 2 is 1.79 bits per heavy atom. The van der Waals surface area contributed by atoms with Crippen LogP contribution >= 0.6 is 12.2 Å². The van der Waals surface area contributed by atoms with Crippen LogP contribution in [-0.2, 0) is 29.1 Å². The maximum absolute atomic E-state index is 11.8. The van der Waals surface area contributed by atoms with Crippen molar-refractivity contribution in [1.29, 1.82) is 0 Å². The number of nitrogens with one attached hydrogen (secondary N) is 2. The molecule has 0 saturated heterocycles. The van der Waals surface area contributed by atoms with Crippen LogP contribution in [0.3, 0.4) is 0 Å². The third-order valence-corrected chi connectivity index (χ3v) is 4.52. The summed E-state index contributed by atoms with van der Waals surface area (Å²) in [6.07, 6.45) is -0.209. The summed E-state index contributed by atoms with van der Waals surface area (Å²) in [6.45, 7) is 0.393. The molecule has 154 valence electrons. The van der Waals surface area contributed by atoms with Crippen LogP contribution in [0, 0.1) is 0 Å². The van der Waals surface area contributed by atoms with Gasteiger partial charge in [0.05, 0.1) is 17.9 Å². The van der Waals surface area contributed by atoms with E-state index in [-0.39, 0.29) is 36.1 Å². The summed E-state index contributed by atoms with van der Waals surface area (Å²) in [7, 11) is -2.51. The number of rotatable bonds is 9. The number of carbonyl (C=O) groups is 2. The van der Waals surface area contributed by atoms with Gasteiger partial charge in [0.15, 0.2) is 5.11 Å². The number of esters is 1. The van der Waals surface area contributed by atoms with Gasteiger partial charge in [0.2, 0.25) is 11.9 Å². The Morgan fingerprint density at radius 1 is 1.14 bits per heavy atom. The third kappa shape index (κ3) is 8.75. The van der Waals surface area contributed by atoms with E-state index in [1.165, 1.54) is 31.4 Å². The number of nitrogens with zero attached hydrogens (tertiary/aromatic N) is 1. The normalized spacial score (nSPS) is 10.6. The summed E-state index contributed by atoms with van der Waals surface area (Å²) in [5, 5.41) is 5.09. The molecule has 0 fully saturated rings. The monoisotopic (exact) mass is 431 g/mol. The predicted octanol–water partition coefficient (Wildman–Crippen LogP) is -0.568. The SMILES string of the molecule is COCCOC(=O)CCC(=O)NC(=S)Nc1ccc(S(=O)(=O)N=C(N)N)cc1. The number of hydrogen-bond acceptors (Lipinski definition) is 7. The van der Waals surface area contributed by atoms with Gasteiger partial charge in [-0.2, -0.15) is 8.42 Å². The van der Waals surface area contributed by atoms with Crippen LogP contribution in [-0.4, -0.2) is 51.7 Å². The van der Waals surface area contributed by atoms with E-state index in [4.69, 9.17) is 33.2 Å². The lowest BCUT2D eigenvalue weighted by atomic mass is 10.3. The fourth-order valence-corrected chi connectivity index (χ4v) is 2.87. The maximum Gasteiger partial charge on any atom is 0.306 e. The molecule has 0 bridgehead atoms. The van der Waals surface area contributed by atoms with Crippen LogP contribution in [0.4, 0.5) is 5.69 Å². The van der Waals surface area contributed by atoms with E-state index in [1.807, 2.05) is 0 Å². The number of nitrogens with two attached hydrogens (primary N) is 2. The van der Waals surface area contributed by atoms with Gasteiger partial charge in [-0.3, -0.25) is 9.59 Å². The van der Waals surface area contributed by atoms with Gasteiger partial charge in [-0.15, -0.1) is 4.40 Å². The first kappa shape index (κ1) is 23.3. The molecular weight excluding hydrogens is 410 g/mol. The quantitative estimate of drug-likeness (QED) is 0.130. The van der Waals surface area contributed by atoms with E-state index in [0.29, 0.717) is 5.69 Å². The molecule has 0 aliphatic rings. The molecule has 0 heterocycles. The van der Waals surface area contributed by atoms with Gasteiger partial charge >= 0.3 is 5.97 Å². The number of benzene rings is 1. The number of carbonyl (C=O) groups excluding carboxylic acids is 2. The molecule has 11 nitrogen and oxygen atoms in total. The Morgan fingerprint density at radius 3 is 2.36 bits per heavy atom. The Labute approximate surface area is 167 Å². The molecule has 1 aromatic rings. The standard InChI is InChI=1S/C15H21N5O6S2/c1-25-8-9-26-13(22)7-6-12(21)19-15(27)18-10-2-4-11(5-3-10)28(23,24)20-14(16)17/h2-5H,6-9H2,1H3,(H4,16,17,20)(H2,18,19,21,27). The van der Waals surface area contributed by atoms with Gasteiger partial charge in [0, 0.05) is 19.2 Å². The van der Waals surface area contributed by atoms with Gasteiger partial charge in [0.1, 0.15) is 6.61 Å². The fourth-order valence-electron chi connectivity index (χ4n) is 1.78. The van der Waals surface area contributed by atoms with Crippen LogP contribution in [0.5, 0.6) is 0 Å². The molecule has 1 aromatic carbocycles. The Kier molecular flexibility index (Phi) is 9.27. The number of amides is 1. The van der Waals surface area contributed by atoms with Crippen molar-refractivity contribution in [1.82, 2.24) is 5.32 Å². The average Bonchev–Trinajstić information content (AvgIpc) is 2.59. The molecule has 6 N–H and O–H groups in total. The highest BCUT2D eigenvalue weighted by Gasteiger charge is 2.13. The topological polar surface area (TPSA) is 175 Å². The summed E-state index contributed by atoms with van der Waals surface area (Å²) in [6, 6.07) is 5.37. The number of guanidine groups is 1. The first-order chi connectivity index (χ1) is 13.1. The number of thiocarbonyl (C=S) groups is 1. The summed E-state index contributed by atoms with van der Waals surface area (Å²) in [5.74, 6) is -1.58. The minimum absolute atomic E-state index is 0.0161. The summed E-state index contributed by atoms with van der Waals surface area (Å²) in [5.41, 5.74) is 10.6. The highest BCUT2D eigenvalue weighted by atomic mass is 32.2. The van der Waals surface area contributed by atoms with Crippen molar-refractivity contribution in [2.24, 2.45) is 15.9 Å². The summed E-state index contributed by atoms with van der Waals surface area (Å²) < 4.78 is 36.4. The van der Waals surface area contributed by atoms with E-state index in [9.17, 15) is 18.0 Å². The Bertz CT molecular complexity index is 835. The smallest absolute Gasteiger partial charge is 0.306 e. The molecule has 0 unspecified atom stereocenters. The largest absolute Gasteiger partial charge is 0.463 e. The predicted molar refractivity (Wildman–Crippen MR) is 106 cm³/mol. The number of methoxy groups -OCH3 is 1. The van der Waals surface area contributed by atoms with Crippen LogP contribution in [0.1, 0.15) is 12.8 Å². The van der Waals surface area contributed by atoms with Gasteiger partial charge in [-0.05, 0) is 36.5 Å². The molecule has 13 heteroatoms. The van der Waals surface area contributed by atoms with Crippen LogP contribution in [0.15, 0.2) is 33.6 Å². The minimum atomic E-state index is -3.99. The minimum Gasteiger partial charge on any atom is -0.463 e. The molecule has 0 atom stereocenters. The highest BCUT2D eigenvalue weighted by molar-refractivity contribution is 7.90. The van der Waals surface area contributed by atoms with E-state index in [2.05, 4.69) is 15.0 Å². The second kappa shape index (κ2) is 11.2. The molecule has 28 heavy (non-hydrogen) atoms. The molecular formula is C15H21N5O6S2. The first-order valence-corrected chi connectivity index (χ1v) is 9.70. The second-order valence-corrected chi connectivity index (χ2v) is 7.24. The van der Waals surface area contributed by atoms with E-state index in [1.54, 1.807) is 0 Å². The summed E-state index contributed by atoms with van der Waals surface area (Å²) in [4.78, 5) is 23.1. The van der Waals surface area contributed by atoms with Crippen molar-refractivity contribution in [3.63, 3.8) is 0 Å². The number of anilines is 1. The summed E-state index contributed by atoms with van der Waals surface area (Å²) >= 11 is 4.99. The molecule has 0 spiro atoms. The molecule has 0 radical (unpaired) electrons. The van der Waals surface area contributed by atoms with Crippen LogP contribution < -0.4 is 22.1 Å². The maximum atomic E-state index is 11.8. The Balaban J connectivity index is 2.50. The average molecular weight is 431 g/mol. The fraction of sp³-hybridized carbons (Fsp3) is 0.333. The van der Waals surface area contributed by atoms with Crippen molar-refractivity contribution < 1.29 is 27.5 Å². The zero-order chi connectivity index (χ0) is 21.2. The molecule has 0 aromatic heterocycles. The molecule has 0 aliphatic carbocycles. The van der Waals surface area contributed by atoms with Crippen molar-refractivity contribution >= 4 is 50.9 Å². The first-order valence-electron chi connectivity index (χ1n) is 7.85. The zero-order valence-corrected chi connectivity index (χ0v) is 16.6. The third-order valence-electron chi connectivity index (χ3n) is 3.00. The molecule has 0 aliphatic heterocycles. The lowest BCUT2D eigenvalue weighted by molar-refractivity contribution is -0.146. The van der Waals surface area contributed by atoms with Crippen molar-refractivity contribution in [3.05, 3.63) is 24.3 Å². The molecule has 1 amide bonds. The van der Waals surface area contributed by atoms with Gasteiger partial charge in [0.25, 0.3) is 10.0 Å². The van der Waals surface area contributed by atoms with E-state index in [0.717, 1.165) is 0 Å². The van der Waals surface area contributed by atoms with Crippen molar-refractivity contribution in [2.45, 2.75) is 17.7 Å². The van der Waals surface area contributed by atoms with E-state index < -0.39 is 27.9 Å². The molecule has 1 rings (SSSR count). The lowest BCUT2D eigenvalue weighted by Gasteiger charge is -2.10. The van der Waals surface area contributed by atoms with Crippen LogP contribution in [0.2, 0.25) is 0 Å². The van der Waals surface area contributed by atoms with Gasteiger partial charge < -0.3 is 31.6 Å². The van der Waals surface area contributed by atoms with Crippen molar-refractivity contribution in [2.75, 3.05) is 25.6 Å². The zero-order valence-electron chi connectivity index (χ0n) is 15.0. The number of ether oxygens (including phenoxy) is 2. The van der Waals surface area contributed by atoms with Crippen LogP contribution in [0.25, 0.3) is 0 Å². The van der Waals surface area contributed by atoms with Gasteiger partial charge in [-0.25, -0.2) is 0 Å². The van der Waals surface area contributed by atoms with E-state index >= 15 is 0 Å². The lowest BCUT2D eigenvalue weighted by Crippen LogP contribution is -2.34. The number of hydrogen-bond donors (Lipinski definition) is 4.